The number of para-hydroxylation sites is 1. The molecule has 7 heteroatoms. The van der Waals surface area contributed by atoms with Crippen LogP contribution in [-0.4, -0.2) is 37.8 Å². The molecule has 0 amide bonds. The van der Waals surface area contributed by atoms with Crippen LogP contribution in [0.2, 0.25) is 0 Å². The maximum absolute atomic E-state index is 13.7. The highest BCUT2D eigenvalue weighted by atomic mass is 32.2. The highest BCUT2D eigenvalue weighted by Crippen LogP contribution is 2.38. The number of carbonyl (C=O) groups excluding carboxylic acids is 1. The summed E-state index contributed by atoms with van der Waals surface area (Å²) in [6.45, 7) is 2.14. The minimum absolute atomic E-state index is 0.0384. The first-order valence-corrected chi connectivity index (χ1v) is 14.0. The standard InChI is InChI=1S/C31H30N2O4S/c1-21-16-24(18-22-10-5-4-6-11-22)30-27(17-21)29(26-14-7-8-15-28(26)32-30)31(34)37-20-23-12-9-13-25(19-23)38(35,36)33(2)3/h4-15,18-19,21H,16-17,20H2,1-3H3/b24-18+. The van der Waals surface area contributed by atoms with Crippen molar-refractivity contribution in [2.45, 2.75) is 31.3 Å². The van der Waals surface area contributed by atoms with Gasteiger partial charge in [0.2, 0.25) is 10.0 Å². The molecule has 0 saturated carbocycles. The summed E-state index contributed by atoms with van der Waals surface area (Å²) in [5, 5.41) is 0.758. The predicted molar refractivity (Wildman–Crippen MR) is 150 cm³/mol. The lowest BCUT2D eigenvalue weighted by molar-refractivity contribution is 0.0473. The Morgan fingerprint density at radius 1 is 1.00 bits per heavy atom. The second kappa shape index (κ2) is 10.5. The third-order valence-corrected chi connectivity index (χ3v) is 8.62. The van der Waals surface area contributed by atoms with Crippen molar-refractivity contribution in [2.75, 3.05) is 14.1 Å². The number of benzene rings is 3. The number of carbonyl (C=O) groups is 1. The Bertz CT molecular complexity index is 1640. The molecule has 1 aliphatic carbocycles. The van der Waals surface area contributed by atoms with Gasteiger partial charge in [-0.3, -0.25) is 0 Å². The van der Waals surface area contributed by atoms with Gasteiger partial charge in [-0.25, -0.2) is 22.5 Å². The molecular formula is C31H30N2O4S. The molecule has 1 atom stereocenters. The summed E-state index contributed by atoms with van der Waals surface area (Å²) in [4.78, 5) is 18.8. The Balaban J connectivity index is 1.54. The van der Waals surface area contributed by atoms with Crippen LogP contribution < -0.4 is 0 Å². The molecule has 0 radical (unpaired) electrons. The smallest absolute Gasteiger partial charge is 0.339 e. The van der Waals surface area contributed by atoms with Gasteiger partial charge in [0, 0.05) is 19.5 Å². The van der Waals surface area contributed by atoms with Gasteiger partial charge in [-0.1, -0.05) is 67.6 Å². The molecule has 0 bridgehead atoms. The van der Waals surface area contributed by atoms with E-state index < -0.39 is 16.0 Å². The molecule has 0 fully saturated rings. The number of sulfonamides is 1. The van der Waals surface area contributed by atoms with E-state index in [0.717, 1.165) is 50.4 Å². The minimum Gasteiger partial charge on any atom is -0.457 e. The van der Waals surface area contributed by atoms with E-state index in [-0.39, 0.29) is 11.5 Å². The van der Waals surface area contributed by atoms with E-state index in [1.807, 2.05) is 42.5 Å². The largest absolute Gasteiger partial charge is 0.457 e. The number of nitrogens with zero attached hydrogens (tertiary/aromatic N) is 2. The number of hydrogen-bond donors (Lipinski definition) is 0. The summed E-state index contributed by atoms with van der Waals surface area (Å²) in [5.41, 5.74) is 5.82. The average Bonchev–Trinajstić information content (AvgIpc) is 2.91. The van der Waals surface area contributed by atoms with Crippen LogP contribution in [0.15, 0.2) is 83.8 Å². The third kappa shape index (κ3) is 5.12. The molecule has 1 unspecified atom stereocenters. The van der Waals surface area contributed by atoms with Crippen molar-refractivity contribution in [3.63, 3.8) is 0 Å². The second-order valence-electron chi connectivity index (χ2n) is 9.94. The van der Waals surface area contributed by atoms with Gasteiger partial charge in [-0.05, 0) is 65.3 Å². The van der Waals surface area contributed by atoms with Crippen LogP contribution in [0.3, 0.4) is 0 Å². The van der Waals surface area contributed by atoms with E-state index >= 15 is 0 Å². The molecule has 0 saturated heterocycles. The maximum atomic E-state index is 13.7. The van der Waals surface area contributed by atoms with Crippen LogP contribution in [0.25, 0.3) is 22.6 Å². The number of esters is 1. The normalized spacial score (nSPS) is 16.5. The average molecular weight is 527 g/mol. The van der Waals surface area contributed by atoms with Crippen molar-refractivity contribution in [2.24, 2.45) is 5.92 Å². The van der Waals surface area contributed by atoms with Crippen molar-refractivity contribution < 1.29 is 17.9 Å². The fourth-order valence-corrected chi connectivity index (χ4v) is 5.92. The first kappa shape index (κ1) is 25.8. The molecule has 1 aliphatic rings. The summed E-state index contributed by atoms with van der Waals surface area (Å²) < 4.78 is 32.1. The van der Waals surface area contributed by atoms with E-state index in [1.54, 1.807) is 18.2 Å². The SMILES string of the molecule is CC1C/C(=C\c2ccccc2)c2nc3ccccc3c(C(=O)OCc3cccc(S(=O)(=O)N(C)C)c3)c2C1. The number of pyridine rings is 1. The van der Waals surface area contributed by atoms with Gasteiger partial charge in [0.05, 0.1) is 21.7 Å². The molecule has 3 aromatic carbocycles. The highest BCUT2D eigenvalue weighted by molar-refractivity contribution is 7.89. The van der Waals surface area contributed by atoms with Crippen LogP contribution in [-0.2, 0) is 27.8 Å². The number of aromatic nitrogens is 1. The van der Waals surface area contributed by atoms with Gasteiger partial charge in [0.1, 0.15) is 6.61 Å². The lowest BCUT2D eigenvalue weighted by Gasteiger charge is -2.26. The van der Waals surface area contributed by atoms with Crippen molar-refractivity contribution in [1.82, 2.24) is 9.29 Å². The molecule has 5 rings (SSSR count). The molecule has 0 aliphatic heterocycles. The topological polar surface area (TPSA) is 76.6 Å². The van der Waals surface area contributed by atoms with Crippen LogP contribution in [0.5, 0.6) is 0 Å². The van der Waals surface area contributed by atoms with E-state index in [9.17, 15) is 13.2 Å². The zero-order valence-electron chi connectivity index (χ0n) is 21.7. The van der Waals surface area contributed by atoms with Crippen LogP contribution in [0.4, 0.5) is 0 Å². The van der Waals surface area contributed by atoms with Gasteiger partial charge >= 0.3 is 5.97 Å². The second-order valence-corrected chi connectivity index (χ2v) is 12.1. The lowest BCUT2D eigenvalue weighted by atomic mass is 9.80. The zero-order chi connectivity index (χ0) is 26.9. The van der Waals surface area contributed by atoms with Crippen LogP contribution in [0.1, 0.15) is 46.1 Å². The quantitative estimate of drug-likeness (QED) is 0.290. The van der Waals surface area contributed by atoms with E-state index in [4.69, 9.17) is 9.72 Å². The van der Waals surface area contributed by atoms with Crippen molar-refractivity contribution in [3.05, 3.63) is 107 Å². The summed E-state index contributed by atoms with van der Waals surface area (Å²) in [7, 11) is -0.616. The van der Waals surface area contributed by atoms with Gasteiger partial charge in [0.15, 0.2) is 0 Å². The van der Waals surface area contributed by atoms with Gasteiger partial charge in [-0.15, -0.1) is 0 Å². The van der Waals surface area contributed by atoms with Crippen molar-refractivity contribution >= 4 is 38.5 Å². The molecule has 38 heavy (non-hydrogen) atoms. The molecule has 1 heterocycles. The molecule has 0 spiro atoms. The Kier molecular flexibility index (Phi) is 7.15. The molecule has 4 aromatic rings. The van der Waals surface area contributed by atoms with Gasteiger partial charge < -0.3 is 4.74 Å². The monoisotopic (exact) mass is 526 g/mol. The summed E-state index contributed by atoms with van der Waals surface area (Å²) in [6, 6.07) is 24.3. The molecular weight excluding hydrogens is 496 g/mol. The van der Waals surface area contributed by atoms with Crippen molar-refractivity contribution in [3.8, 4) is 0 Å². The van der Waals surface area contributed by atoms with Crippen LogP contribution >= 0.6 is 0 Å². The Morgan fingerprint density at radius 3 is 2.50 bits per heavy atom. The fraction of sp³-hybridized carbons (Fsp3) is 0.226. The maximum Gasteiger partial charge on any atom is 0.339 e. The van der Waals surface area contributed by atoms with Crippen molar-refractivity contribution in [1.29, 1.82) is 0 Å². The van der Waals surface area contributed by atoms with E-state index in [0.29, 0.717) is 17.0 Å². The number of hydrogen-bond acceptors (Lipinski definition) is 5. The Morgan fingerprint density at radius 2 is 1.74 bits per heavy atom. The molecule has 0 N–H and O–H groups in total. The molecule has 194 valence electrons. The third-order valence-electron chi connectivity index (χ3n) is 6.81. The molecule has 1 aromatic heterocycles. The van der Waals surface area contributed by atoms with E-state index in [2.05, 4.69) is 25.1 Å². The Labute approximate surface area is 223 Å². The summed E-state index contributed by atoms with van der Waals surface area (Å²) >= 11 is 0. The van der Waals surface area contributed by atoms with Gasteiger partial charge in [-0.2, -0.15) is 0 Å². The number of ether oxygens (including phenoxy) is 1. The minimum atomic E-state index is -3.59. The summed E-state index contributed by atoms with van der Waals surface area (Å²) in [5.74, 6) is -0.103. The fourth-order valence-electron chi connectivity index (χ4n) is 4.95. The zero-order valence-corrected chi connectivity index (χ0v) is 22.5. The Hall–Kier alpha value is -3.81. The molecule has 6 nitrogen and oxygen atoms in total. The van der Waals surface area contributed by atoms with Gasteiger partial charge in [0.25, 0.3) is 0 Å². The highest BCUT2D eigenvalue weighted by Gasteiger charge is 2.29. The lowest BCUT2D eigenvalue weighted by Crippen LogP contribution is -2.22. The summed E-state index contributed by atoms with van der Waals surface area (Å²) in [6.07, 6.45) is 3.75. The predicted octanol–water partition coefficient (Wildman–Crippen LogP) is 5.97. The van der Waals surface area contributed by atoms with Crippen LogP contribution in [0, 0.1) is 5.92 Å². The first-order chi connectivity index (χ1) is 18.2. The van der Waals surface area contributed by atoms with E-state index in [1.165, 1.54) is 20.2 Å². The number of allylic oxidation sites excluding steroid dienone is 1. The number of rotatable bonds is 6. The first-order valence-electron chi connectivity index (χ1n) is 12.6. The number of fused-ring (bicyclic) bond motifs is 2.